The highest BCUT2D eigenvalue weighted by molar-refractivity contribution is 5.89. The van der Waals surface area contributed by atoms with Crippen molar-refractivity contribution in [2.75, 3.05) is 14.2 Å². The van der Waals surface area contributed by atoms with Crippen LogP contribution < -0.4 is 4.74 Å². The monoisotopic (exact) mass is 294 g/mol. The second-order valence-corrected chi connectivity index (χ2v) is 5.93. The van der Waals surface area contributed by atoms with Gasteiger partial charge in [0, 0.05) is 13.5 Å². The number of benzene rings is 1. The number of carbonyl (C=O) groups is 1. The summed E-state index contributed by atoms with van der Waals surface area (Å²) in [7, 11) is 3.00. The lowest BCUT2D eigenvalue weighted by atomic mass is 9.75. The SMILES string of the molecule is COc1cccc(CC(=O)C2(OC)CCCC(C)C2)c1F. The Morgan fingerprint density at radius 3 is 2.81 bits per heavy atom. The van der Waals surface area contributed by atoms with Gasteiger partial charge in [-0.25, -0.2) is 4.39 Å². The summed E-state index contributed by atoms with van der Waals surface area (Å²) in [4.78, 5) is 12.7. The molecule has 0 aromatic heterocycles. The first kappa shape index (κ1) is 16.0. The lowest BCUT2D eigenvalue weighted by Gasteiger charge is -2.37. The van der Waals surface area contributed by atoms with Crippen LogP contribution in [0.15, 0.2) is 18.2 Å². The van der Waals surface area contributed by atoms with Crippen LogP contribution in [-0.2, 0) is 16.0 Å². The Hall–Kier alpha value is -1.42. The van der Waals surface area contributed by atoms with Gasteiger partial charge in [-0.1, -0.05) is 25.5 Å². The van der Waals surface area contributed by atoms with Gasteiger partial charge in [0.1, 0.15) is 5.60 Å². The van der Waals surface area contributed by atoms with E-state index in [0.717, 1.165) is 19.3 Å². The maximum absolute atomic E-state index is 14.2. The van der Waals surface area contributed by atoms with Crippen LogP contribution in [0.5, 0.6) is 5.75 Å². The van der Waals surface area contributed by atoms with Gasteiger partial charge < -0.3 is 9.47 Å². The molecule has 1 saturated carbocycles. The van der Waals surface area contributed by atoms with Crippen molar-refractivity contribution in [2.24, 2.45) is 5.92 Å². The Labute approximate surface area is 125 Å². The molecule has 3 nitrogen and oxygen atoms in total. The first-order valence-electron chi connectivity index (χ1n) is 7.42. The molecule has 2 atom stereocenters. The van der Waals surface area contributed by atoms with E-state index in [1.807, 2.05) is 0 Å². The van der Waals surface area contributed by atoms with E-state index in [9.17, 15) is 9.18 Å². The Kier molecular flexibility index (Phi) is 4.99. The van der Waals surface area contributed by atoms with Crippen molar-refractivity contribution in [3.8, 4) is 5.75 Å². The topological polar surface area (TPSA) is 35.5 Å². The molecule has 116 valence electrons. The molecular weight excluding hydrogens is 271 g/mol. The molecule has 0 aliphatic heterocycles. The minimum absolute atomic E-state index is 0.0382. The van der Waals surface area contributed by atoms with Crippen molar-refractivity contribution < 1.29 is 18.7 Å². The Bertz CT molecular complexity index is 515. The Morgan fingerprint density at radius 2 is 2.19 bits per heavy atom. The van der Waals surface area contributed by atoms with Crippen LogP contribution >= 0.6 is 0 Å². The predicted molar refractivity (Wildman–Crippen MR) is 79.0 cm³/mol. The number of halogens is 1. The minimum atomic E-state index is -0.757. The van der Waals surface area contributed by atoms with Crippen molar-refractivity contribution >= 4 is 5.78 Å². The number of hydrogen-bond acceptors (Lipinski definition) is 3. The zero-order valence-corrected chi connectivity index (χ0v) is 12.9. The van der Waals surface area contributed by atoms with Gasteiger partial charge in [0.2, 0.25) is 0 Å². The zero-order chi connectivity index (χ0) is 15.5. The molecule has 1 aliphatic rings. The molecule has 1 fully saturated rings. The normalized spacial score (nSPS) is 25.6. The molecule has 0 bridgehead atoms. The molecule has 1 aliphatic carbocycles. The number of ether oxygens (including phenoxy) is 2. The van der Waals surface area contributed by atoms with Crippen molar-refractivity contribution in [1.82, 2.24) is 0 Å². The van der Waals surface area contributed by atoms with E-state index in [2.05, 4.69) is 6.92 Å². The van der Waals surface area contributed by atoms with Crippen LogP contribution in [0.2, 0.25) is 0 Å². The molecular formula is C17H23FO3. The average molecular weight is 294 g/mol. The standard InChI is InChI=1S/C17H23FO3/c1-12-6-5-9-17(11-12,21-3)15(19)10-13-7-4-8-14(20-2)16(13)18/h4,7-8,12H,5-6,9-11H2,1-3H3. The van der Waals surface area contributed by atoms with E-state index >= 15 is 0 Å². The van der Waals surface area contributed by atoms with Crippen molar-refractivity contribution in [2.45, 2.75) is 44.6 Å². The fourth-order valence-electron chi connectivity index (χ4n) is 3.24. The maximum atomic E-state index is 14.2. The summed E-state index contributed by atoms with van der Waals surface area (Å²) in [5.74, 6) is 0.133. The first-order valence-corrected chi connectivity index (χ1v) is 7.42. The maximum Gasteiger partial charge on any atom is 0.169 e. The van der Waals surface area contributed by atoms with E-state index in [0.29, 0.717) is 17.9 Å². The third-order valence-electron chi connectivity index (χ3n) is 4.47. The molecule has 4 heteroatoms. The van der Waals surface area contributed by atoms with E-state index in [-0.39, 0.29) is 18.0 Å². The zero-order valence-electron chi connectivity index (χ0n) is 12.9. The van der Waals surface area contributed by atoms with Gasteiger partial charge in [0.05, 0.1) is 7.11 Å². The first-order chi connectivity index (χ1) is 10.0. The summed E-state index contributed by atoms with van der Waals surface area (Å²) in [5, 5.41) is 0. The second kappa shape index (κ2) is 6.56. The van der Waals surface area contributed by atoms with Crippen molar-refractivity contribution in [3.63, 3.8) is 0 Å². The highest BCUT2D eigenvalue weighted by Crippen LogP contribution is 2.36. The fraction of sp³-hybridized carbons (Fsp3) is 0.588. The molecule has 0 spiro atoms. The van der Waals surface area contributed by atoms with E-state index in [4.69, 9.17) is 9.47 Å². The lowest BCUT2D eigenvalue weighted by Crippen LogP contribution is -2.45. The quantitative estimate of drug-likeness (QED) is 0.833. The van der Waals surface area contributed by atoms with Gasteiger partial charge in [-0.2, -0.15) is 0 Å². The van der Waals surface area contributed by atoms with Crippen molar-refractivity contribution in [1.29, 1.82) is 0 Å². The Balaban J connectivity index is 2.20. The summed E-state index contributed by atoms with van der Waals surface area (Å²) in [6.07, 6.45) is 3.57. The molecule has 2 unspecified atom stereocenters. The molecule has 2 rings (SSSR count). The highest BCUT2D eigenvalue weighted by Gasteiger charge is 2.41. The molecule has 0 heterocycles. The summed E-state index contributed by atoms with van der Waals surface area (Å²) in [6.45, 7) is 2.13. The third-order valence-corrected chi connectivity index (χ3v) is 4.47. The van der Waals surface area contributed by atoms with Gasteiger partial charge in [-0.05, 0) is 36.8 Å². The van der Waals surface area contributed by atoms with Gasteiger partial charge in [-0.3, -0.25) is 4.79 Å². The van der Waals surface area contributed by atoms with Crippen LogP contribution in [0, 0.1) is 11.7 Å². The average Bonchev–Trinajstić information content (AvgIpc) is 2.49. The molecule has 1 aromatic rings. The van der Waals surface area contributed by atoms with Crippen LogP contribution in [0.4, 0.5) is 4.39 Å². The number of methoxy groups -OCH3 is 2. The molecule has 1 aromatic carbocycles. The third kappa shape index (κ3) is 3.26. The van der Waals surface area contributed by atoms with E-state index in [1.165, 1.54) is 7.11 Å². The number of hydrogen-bond donors (Lipinski definition) is 0. The van der Waals surface area contributed by atoms with E-state index < -0.39 is 11.4 Å². The fourth-order valence-corrected chi connectivity index (χ4v) is 3.24. The number of rotatable bonds is 5. The second-order valence-electron chi connectivity index (χ2n) is 5.93. The largest absolute Gasteiger partial charge is 0.494 e. The van der Waals surface area contributed by atoms with Crippen molar-refractivity contribution in [3.05, 3.63) is 29.6 Å². The Morgan fingerprint density at radius 1 is 1.43 bits per heavy atom. The molecule has 0 saturated heterocycles. The van der Waals surface area contributed by atoms with Gasteiger partial charge in [0.15, 0.2) is 17.3 Å². The molecule has 0 radical (unpaired) electrons. The van der Waals surface area contributed by atoms with Gasteiger partial charge >= 0.3 is 0 Å². The summed E-state index contributed by atoms with van der Waals surface area (Å²) in [5.41, 5.74) is -0.387. The van der Waals surface area contributed by atoms with Crippen LogP contribution in [0.1, 0.15) is 38.2 Å². The summed E-state index contributed by atoms with van der Waals surface area (Å²) in [6, 6.07) is 4.89. The number of carbonyl (C=O) groups excluding carboxylic acids is 1. The predicted octanol–water partition coefficient (Wildman–Crippen LogP) is 3.54. The number of ketones is 1. The summed E-state index contributed by atoms with van der Waals surface area (Å²) < 4.78 is 24.7. The molecule has 0 N–H and O–H groups in total. The minimum Gasteiger partial charge on any atom is -0.494 e. The lowest BCUT2D eigenvalue weighted by molar-refractivity contribution is -0.146. The smallest absolute Gasteiger partial charge is 0.169 e. The van der Waals surface area contributed by atoms with Crippen LogP contribution in [0.3, 0.4) is 0 Å². The summed E-state index contributed by atoms with van der Waals surface area (Å²) >= 11 is 0. The van der Waals surface area contributed by atoms with Gasteiger partial charge in [-0.15, -0.1) is 0 Å². The molecule has 21 heavy (non-hydrogen) atoms. The molecule has 0 amide bonds. The van der Waals surface area contributed by atoms with Gasteiger partial charge in [0.25, 0.3) is 0 Å². The van der Waals surface area contributed by atoms with Crippen LogP contribution in [0.25, 0.3) is 0 Å². The van der Waals surface area contributed by atoms with E-state index in [1.54, 1.807) is 25.3 Å². The number of Topliss-reactive ketones (excluding diaryl/α,β-unsaturated/α-hetero) is 1. The highest BCUT2D eigenvalue weighted by atomic mass is 19.1. The van der Waals surface area contributed by atoms with Crippen LogP contribution in [-0.4, -0.2) is 25.6 Å².